The molecule has 0 spiro atoms. The van der Waals surface area contributed by atoms with Gasteiger partial charge in [0.1, 0.15) is 0 Å². The fourth-order valence-electron chi connectivity index (χ4n) is 0.986. The first-order valence-corrected chi connectivity index (χ1v) is 4.45. The molecule has 0 aliphatic heterocycles. The normalized spacial score (nSPS) is 19.0. The number of nitrogens with zero attached hydrogens (tertiary/aromatic N) is 2. The maximum absolute atomic E-state index is 10.8. The Morgan fingerprint density at radius 1 is 1.00 bits per heavy atom. The van der Waals surface area contributed by atoms with E-state index in [1.54, 1.807) is 25.7 Å². The Hall–Kier alpha value is -0.431. The van der Waals surface area contributed by atoms with E-state index in [-0.39, 0.29) is 22.9 Å². The number of hydrogen-bond acceptors (Lipinski definition) is 1. The first kappa shape index (κ1) is 15.6. The second kappa shape index (κ2) is 9.77. The van der Waals surface area contributed by atoms with Gasteiger partial charge in [-0.15, -0.1) is 0 Å². The molecule has 0 atom stereocenters. The molecule has 0 N–H and O–H groups in total. The first-order chi connectivity index (χ1) is 7.34. The third-order valence-electron chi connectivity index (χ3n) is 1.68. The van der Waals surface area contributed by atoms with Crippen molar-refractivity contribution in [2.24, 2.45) is 0 Å². The standard InChI is InChI=1S/C7H5N2O.C5H5.Fe/c8-9-5-7(10)6-3-1-2-4-6;1-2-4-5-3-1;/h1-5H;1-5H;/q;;+2. The molecule has 0 aromatic heterocycles. The van der Waals surface area contributed by atoms with Crippen LogP contribution in [-0.4, -0.2) is 16.8 Å². The average Bonchev–Trinajstić information content (AvgIpc) is 2.95. The van der Waals surface area contributed by atoms with Crippen molar-refractivity contribution in [3.05, 3.63) is 69.2 Å². The first-order valence-electron chi connectivity index (χ1n) is 4.45. The van der Waals surface area contributed by atoms with E-state index in [2.05, 4.69) is 4.79 Å². The monoisotopic (exact) mass is 254 g/mol. The Labute approximate surface area is 108 Å². The van der Waals surface area contributed by atoms with Crippen LogP contribution in [0.4, 0.5) is 0 Å². The summed E-state index contributed by atoms with van der Waals surface area (Å²) in [6, 6.07) is 0. The Kier molecular flexibility index (Phi) is 9.51. The Morgan fingerprint density at radius 2 is 1.44 bits per heavy atom. The number of carbonyl (C=O) groups excluding carboxylic acids is 1. The SMILES string of the molecule is [CH]1[CH][CH][CH][CH]1.[Fe+2].[N-]=[N+]=CC(=O)[C]1[CH][CH][CH][CH]1. The van der Waals surface area contributed by atoms with Crippen LogP contribution in [0.25, 0.3) is 5.53 Å². The van der Waals surface area contributed by atoms with Crippen LogP contribution in [0.3, 0.4) is 0 Å². The van der Waals surface area contributed by atoms with Gasteiger partial charge in [-0.25, -0.2) is 0 Å². The zero-order valence-corrected chi connectivity index (χ0v) is 9.53. The Morgan fingerprint density at radius 3 is 1.81 bits per heavy atom. The number of hydrogen-bond donors (Lipinski definition) is 0. The van der Waals surface area contributed by atoms with E-state index in [1.165, 1.54) is 0 Å². The molecule has 0 aromatic carbocycles. The summed E-state index contributed by atoms with van der Waals surface area (Å²) in [6.07, 6.45) is 17.7. The summed E-state index contributed by atoms with van der Waals surface area (Å²) >= 11 is 0. The molecule has 2 aliphatic carbocycles. The predicted octanol–water partition coefficient (Wildman–Crippen LogP) is 1.28. The van der Waals surface area contributed by atoms with Crippen LogP contribution < -0.4 is 0 Å². The summed E-state index contributed by atoms with van der Waals surface area (Å²) in [7, 11) is 0. The summed E-state index contributed by atoms with van der Waals surface area (Å²) in [5.74, 6) is 0.255. The second-order valence-corrected chi connectivity index (χ2v) is 2.74. The molecule has 2 rings (SSSR count). The minimum Gasteiger partial charge on any atom is -0.361 e. The van der Waals surface area contributed by atoms with Gasteiger partial charge < -0.3 is 5.53 Å². The van der Waals surface area contributed by atoms with Crippen molar-refractivity contribution in [1.82, 2.24) is 0 Å². The molecule has 0 amide bonds. The largest absolute Gasteiger partial charge is 2.00 e. The minimum absolute atomic E-state index is 0. The fourth-order valence-corrected chi connectivity index (χ4v) is 0.986. The van der Waals surface area contributed by atoms with E-state index in [9.17, 15) is 4.79 Å². The van der Waals surface area contributed by atoms with Crippen molar-refractivity contribution in [2.75, 3.05) is 0 Å². The quantitative estimate of drug-likeness (QED) is 0.317. The number of Topliss-reactive ketones (excluding diaryl/α,β-unsaturated/α-hetero) is 1. The molecule has 16 heavy (non-hydrogen) atoms. The molecule has 0 saturated heterocycles. The molecule has 4 heteroatoms. The maximum Gasteiger partial charge on any atom is 2.00 e. The minimum atomic E-state index is -0.285. The van der Waals surface area contributed by atoms with Crippen LogP contribution >= 0.6 is 0 Å². The fraction of sp³-hybridized carbons (Fsp3) is 0. The van der Waals surface area contributed by atoms with Gasteiger partial charge in [-0.2, -0.15) is 4.79 Å². The van der Waals surface area contributed by atoms with Crippen LogP contribution in [0.2, 0.25) is 0 Å². The van der Waals surface area contributed by atoms with Crippen LogP contribution in [0, 0.1) is 63.7 Å². The van der Waals surface area contributed by atoms with E-state index in [0.29, 0.717) is 5.92 Å². The van der Waals surface area contributed by atoms with Crippen LogP contribution in [0.15, 0.2) is 0 Å². The van der Waals surface area contributed by atoms with Crippen molar-refractivity contribution in [3.63, 3.8) is 0 Å². The molecule has 10 radical (unpaired) electrons. The average molecular weight is 254 g/mol. The topological polar surface area (TPSA) is 53.5 Å². The summed E-state index contributed by atoms with van der Waals surface area (Å²) < 4.78 is 0. The molecule has 2 aliphatic rings. The summed E-state index contributed by atoms with van der Waals surface area (Å²) in [6.45, 7) is 0. The molecular weight excluding hydrogens is 244 g/mol. The van der Waals surface area contributed by atoms with E-state index < -0.39 is 0 Å². The van der Waals surface area contributed by atoms with Gasteiger partial charge in [0, 0.05) is 0 Å². The molecule has 0 unspecified atom stereocenters. The molecule has 2 fully saturated rings. The molecule has 3 nitrogen and oxygen atoms in total. The van der Waals surface area contributed by atoms with Gasteiger partial charge in [0.25, 0.3) is 0 Å². The molecule has 0 heterocycles. The summed E-state index contributed by atoms with van der Waals surface area (Å²) in [4.78, 5) is 13.4. The van der Waals surface area contributed by atoms with Gasteiger partial charge >= 0.3 is 23.3 Å². The molecule has 0 bridgehead atoms. The van der Waals surface area contributed by atoms with Gasteiger partial charge in [0.15, 0.2) is 0 Å². The predicted molar refractivity (Wildman–Crippen MR) is 56.6 cm³/mol. The number of rotatable bonds is 2. The summed E-state index contributed by atoms with van der Waals surface area (Å²) in [5.41, 5.74) is 7.98. The second-order valence-electron chi connectivity index (χ2n) is 2.74. The molecule has 0 aromatic rings. The number of carbonyl (C=O) groups is 1. The van der Waals surface area contributed by atoms with Crippen LogP contribution in [-0.2, 0) is 21.9 Å². The molecular formula is C12H10FeN2O+2. The smallest absolute Gasteiger partial charge is 0.361 e. The Balaban J connectivity index is 0.000000318. The van der Waals surface area contributed by atoms with Crippen molar-refractivity contribution in [1.29, 1.82) is 0 Å². The van der Waals surface area contributed by atoms with Gasteiger partial charge in [-0.3, -0.25) is 4.79 Å². The third kappa shape index (κ3) is 6.22. The van der Waals surface area contributed by atoms with Crippen molar-refractivity contribution in [2.45, 2.75) is 0 Å². The van der Waals surface area contributed by atoms with Gasteiger partial charge in [-0.05, 0) is 57.8 Å². The maximum atomic E-state index is 10.8. The van der Waals surface area contributed by atoms with E-state index in [4.69, 9.17) is 5.53 Å². The van der Waals surface area contributed by atoms with Crippen molar-refractivity contribution >= 4 is 12.0 Å². The molecule has 2 saturated carbocycles. The van der Waals surface area contributed by atoms with Gasteiger partial charge in [0.2, 0.25) is 5.78 Å². The van der Waals surface area contributed by atoms with Crippen molar-refractivity contribution in [3.8, 4) is 0 Å². The zero-order valence-electron chi connectivity index (χ0n) is 8.43. The van der Waals surface area contributed by atoms with Gasteiger partial charge in [-0.1, -0.05) is 0 Å². The van der Waals surface area contributed by atoms with Crippen LogP contribution in [0.1, 0.15) is 0 Å². The number of ketones is 1. The Bertz CT molecular complexity index is 232. The third-order valence-corrected chi connectivity index (χ3v) is 1.68. The summed E-state index contributed by atoms with van der Waals surface area (Å²) in [5, 5.41) is 0. The zero-order chi connectivity index (χ0) is 10.9. The van der Waals surface area contributed by atoms with Crippen LogP contribution in [0.5, 0.6) is 0 Å². The molecule has 80 valence electrons. The van der Waals surface area contributed by atoms with Crippen molar-refractivity contribution < 1.29 is 26.7 Å². The van der Waals surface area contributed by atoms with Gasteiger partial charge in [0.05, 0.1) is 5.92 Å². The van der Waals surface area contributed by atoms with E-state index in [1.807, 2.05) is 32.1 Å². The van der Waals surface area contributed by atoms with E-state index >= 15 is 0 Å². The van der Waals surface area contributed by atoms with E-state index in [0.717, 1.165) is 6.21 Å².